The van der Waals surface area contributed by atoms with Crippen molar-refractivity contribution in [1.82, 2.24) is 0 Å². The maximum Gasteiger partial charge on any atom is 0.387 e. The number of halogens is 2. The van der Waals surface area contributed by atoms with Gasteiger partial charge in [-0.1, -0.05) is 0 Å². The third kappa shape index (κ3) is 4.31. The van der Waals surface area contributed by atoms with Gasteiger partial charge in [0.2, 0.25) is 5.78 Å². The molecule has 3 rings (SSSR count). The van der Waals surface area contributed by atoms with Gasteiger partial charge in [0, 0.05) is 23.1 Å². The van der Waals surface area contributed by atoms with Crippen molar-refractivity contribution in [2.45, 2.75) is 26.6 Å². The Morgan fingerprint density at radius 2 is 1.67 bits per heavy atom. The third-order valence-electron chi connectivity index (χ3n) is 3.97. The summed E-state index contributed by atoms with van der Waals surface area (Å²) < 4.78 is 39.4. The molecule has 0 bridgehead atoms. The van der Waals surface area contributed by atoms with Crippen molar-refractivity contribution >= 4 is 16.8 Å². The van der Waals surface area contributed by atoms with Crippen molar-refractivity contribution in [3.8, 4) is 11.5 Å². The fraction of sp³-hybridized carbons (Fsp3) is 0.200. The van der Waals surface area contributed by atoms with Crippen molar-refractivity contribution in [2.75, 3.05) is 0 Å². The van der Waals surface area contributed by atoms with E-state index in [1.165, 1.54) is 30.3 Å². The first kappa shape index (κ1) is 18.6. The van der Waals surface area contributed by atoms with E-state index in [-0.39, 0.29) is 11.5 Å². The van der Waals surface area contributed by atoms with Crippen molar-refractivity contribution in [1.29, 1.82) is 0 Å². The van der Waals surface area contributed by atoms with Gasteiger partial charge in [0.05, 0.1) is 0 Å². The lowest BCUT2D eigenvalue weighted by Crippen LogP contribution is -2.23. The van der Waals surface area contributed by atoms with Crippen LogP contribution >= 0.6 is 0 Å². The molecule has 7 heteroatoms. The van der Waals surface area contributed by atoms with Gasteiger partial charge in [0.1, 0.15) is 17.1 Å². The van der Waals surface area contributed by atoms with Crippen LogP contribution in [0.2, 0.25) is 0 Å². The largest absolute Gasteiger partial charge is 0.482 e. The molecular formula is C20H16F2O5. The highest BCUT2D eigenvalue weighted by Gasteiger charge is 2.18. The van der Waals surface area contributed by atoms with Gasteiger partial charge in [-0.25, -0.2) is 4.79 Å². The number of carbonyl (C=O) groups is 1. The van der Waals surface area contributed by atoms with Gasteiger partial charge >= 0.3 is 12.2 Å². The summed E-state index contributed by atoms with van der Waals surface area (Å²) in [7, 11) is 0. The molecule has 0 saturated carbocycles. The first-order valence-corrected chi connectivity index (χ1v) is 8.14. The van der Waals surface area contributed by atoms with Crippen LogP contribution < -0.4 is 15.1 Å². The van der Waals surface area contributed by atoms with E-state index in [9.17, 15) is 18.4 Å². The molecule has 0 spiro atoms. The monoisotopic (exact) mass is 374 g/mol. The molecule has 3 aromatic rings. The van der Waals surface area contributed by atoms with Crippen molar-refractivity contribution in [2.24, 2.45) is 0 Å². The maximum atomic E-state index is 12.5. The minimum atomic E-state index is -2.93. The summed E-state index contributed by atoms with van der Waals surface area (Å²) in [6, 6.07) is 11.7. The Morgan fingerprint density at radius 1 is 1.00 bits per heavy atom. The van der Waals surface area contributed by atoms with Crippen molar-refractivity contribution in [3.63, 3.8) is 0 Å². The van der Waals surface area contributed by atoms with Crippen LogP contribution in [0.1, 0.15) is 22.8 Å². The predicted octanol–water partition coefficient (Wildman–Crippen LogP) is 4.35. The van der Waals surface area contributed by atoms with Crippen LogP contribution in [-0.2, 0) is 0 Å². The Morgan fingerprint density at radius 3 is 2.33 bits per heavy atom. The number of fused-ring (bicyclic) bond motifs is 1. The van der Waals surface area contributed by atoms with E-state index in [0.29, 0.717) is 16.9 Å². The molecule has 0 aliphatic heterocycles. The highest BCUT2D eigenvalue weighted by Crippen LogP contribution is 2.24. The minimum Gasteiger partial charge on any atom is -0.482 e. The number of aryl methyl sites for hydroxylation is 1. The average Bonchev–Trinajstić information content (AvgIpc) is 2.60. The summed E-state index contributed by atoms with van der Waals surface area (Å²) in [5, 5.41) is 0.774. The SMILES string of the molecule is Cc1cc(=O)oc2cc(O[C@H](C)C(=O)c3ccc(OC(F)F)cc3)ccc12. The smallest absolute Gasteiger partial charge is 0.387 e. The van der Waals surface area contributed by atoms with E-state index >= 15 is 0 Å². The minimum absolute atomic E-state index is 0.0324. The Balaban J connectivity index is 1.76. The van der Waals surface area contributed by atoms with E-state index in [2.05, 4.69) is 4.74 Å². The van der Waals surface area contributed by atoms with E-state index in [0.717, 1.165) is 10.9 Å². The van der Waals surface area contributed by atoms with Gasteiger partial charge in [-0.15, -0.1) is 0 Å². The predicted molar refractivity (Wildman–Crippen MR) is 94.7 cm³/mol. The number of hydrogen-bond acceptors (Lipinski definition) is 5. The summed E-state index contributed by atoms with van der Waals surface area (Å²) in [6.07, 6.45) is -0.833. The topological polar surface area (TPSA) is 65.7 Å². The fourth-order valence-corrected chi connectivity index (χ4v) is 2.67. The highest BCUT2D eigenvalue weighted by molar-refractivity contribution is 5.99. The highest BCUT2D eigenvalue weighted by atomic mass is 19.3. The van der Waals surface area contributed by atoms with E-state index in [1.54, 1.807) is 32.0 Å². The summed E-state index contributed by atoms with van der Waals surface area (Å²) in [5.74, 6) is 0.00851. The zero-order chi connectivity index (χ0) is 19.6. The number of rotatable bonds is 6. The molecule has 5 nitrogen and oxygen atoms in total. The van der Waals surface area contributed by atoms with Gasteiger partial charge < -0.3 is 13.9 Å². The van der Waals surface area contributed by atoms with Crippen molar-refractivity contribution in [3.05, 3.63) is 70.1 Å². The number of ketones is 1. The van der Waals surface area contributed by atoms with Crippen molar-refractivity contribution < 1.29 is 27.5 Å². The second-order valence-corrected chi connectivity index (χ2v) is 5.93. The van der Waals surface area contributed by atoms with Crippen LogP contribution in [0.4, 0.5) is 8.78 Å². The number of alkyl halides is 2. The quantitative estimate of drug-likeness (QED) is 0.474. The Kier molecular flexibility index (Phi) is 5.21. The summed E-state index contributed by atoms with van der Waals surface area (Å²) in [6.45, 7) is 0.445. The number of hydrogen-bond donors (Lipinski definition) is 0. The molecule has 1 atom stereocenters. The normalized spacial score (nSPS) is 12.2. The van der Waals surface area contributed by atoms with Crippen LogP contribution in [-0.4, -0.2) is 18.5 Å². The van der Waals surface area contributed by atoms with E-state index < -0.39 is 18.3 Å². The number of benzene rings is 2. The zero-order valence-corrected chi connectivity index (χ0v) is 14.6. The lowest BCUT2D eigenvalue weighted by Gasteiger charge is -2.14. The lowest BCUT2D eigenvalue weighted by molar-refractivity contribution is -0.0498. The van der Waals surface area contributed by atoms with Gasteiger partial charge in [-0.05, 0) is 55.8 Å². The molecule has 0 fully saturated rings. The number of carbonyl (C=O) groups excluding carboxylic acids is 1. The molecular weight excluding hydrogens is 358 g/mol. The molecule has 0 unspecified atom stereocenters. The van der Waals surface area contributed by atoms with Crippen LogP contribution in [0.3, 0.4) is 0 Å². The number of ether oxygens (including phenoxy) is 2. The molecule has 1 heterocycles. The van der Waals surface area contributed by atoms with Gasteiger partial charge in [-0.3, -0.25) is 4.79 Å². The molecule has 2 aromatic carbocycles. The molecule has 1 aromatic heterocycles. The summed E-state index contributed by atoms with van der Waals surface area (Å²) in [4.78, 5) is 24.0. The first-order chi connectivity index (χ1) is 12.8. The molecule has 0 amide bonds. The van der Waals surface area contributed by atoms with E-state index in [1.807, 2.05) is 0 Å². The summed E-state index contributed by atoms with van der Waals surface area (Å²) >= 11 is 0. The maximum absolute atomic E-state index is 12.5. The van der Waals surface area contributed by atoms with Gasteiger partial charge in [0.25, 0.3) is 0 Å². The average molecular weight is 374 g/mol. The lowest BCUT2D eigenvalue weighted by atomic mass is 10.1. The Bertz CT molecular complexity index is 1020. The van der Waals surface area contributed by atoms with Crippen LogP contribution in [0, 0.1) is 6.92 Å². The van der Waals surface area contributed by atoms with Crippen LogP contribution in [0.25, 0.3) is 11.0 Å². The van der Waals surface area contributed by atoms with E-state index in [4.69, 9.17) is 9.15 Å². The second kappa shape index (κ2) is 7.57. The first-order valence-electron chi connectivity index (χ1n) is 8.14. The Labute approximate surface area is 153 Å². The zero-order valence-electron chi connectivity index (χ0n) is 14.6. The molecule has 0 aliphatic carbocycles. The van der Waals surface area contributed by atoms with Crippen LogP contribution in [0.15, 0.2) is 57.7 Å². The molecule has 0 saturated heterocycles. The molecule has 140 valence electrons. The van der Waals surface area contributed by atoms with Gasteiger partial charge in [0.15, 0.2) is 6.10 Å². The summed E-state index contributed by atoms with van der Waals surface area (Å²) in [5.41, 5.74) is 0.980. The molecule has 27 heavy (non-hydrogen) atoms. The Hall–Kier alpha value is -3.22. The molecule has 0 aliphatic rings. The van der Waals surface area contributed by atoms with Gasteiger partial charge in [-0.2, -0.15) is 8.78 Å². The number of Topliss-reactive ketones (excluding diaryl/α,β-unsaturated/α-hetero) is 1. The second-order valence-electron chi connectivity index (χ2n) is 5.93. The fourth-order valence-electron chi connectivity index (χ4n) is 2.67. The standard InChI is InChI=1S/C20H16F2O5/c1-11-9-18(23)27-17-10-15(7-8-16(11)17)25-12(2)19(24)13-3-5-14(6-4-13)26-20(21)22/h3-10,12,20H,1-2H3/t12-/m1/s1. The molecule has 0 N–H and O–H groups in total. The third-order valence-corrected chi connectivity index (χ3v) is 3.97. The molecule has 0 radical (unpaired) electrons. The van der Waals surface area contributed by atoms with Crippen LogP contribution in [0.5, 0.6) is 11.5 Å².